The molecule has 0 fully saturated rings. The molecule has 0 aliphatic heterocycles. The van der Waals surface area contributed by atoms with Gasteiger partial charge in [0.2, 0.25) is 5.91 Å². The number of nitrogens with one attached hydrogen (secondary N) is 2. The van der Waals surface area contributed by atoms with Gasteiger partial charge in [-0.05, 0) is 61.0 Å². The predicted octanol–water partition coefficient (Wildman–Crippen LogP) is 5.65. The maximum Gasteiger partial charge on any atom is 0.255 e. The average Bonchev–Trinajstić information content (AvgIpc) is 2.81. The molecular formula is C25H23ClN2O4. The largest absolute Gasteiger partial charge is 0.493 e. The van der Waals surface area contributed by atoms with Crippen LogP contribution in [0, 0.1) is 0 Å². The summed E-state index contributed by atoms with van der Waals surface area (Å²) in [6, 6.07) is 19.1. The smallest absolute Gasteiger partial charge is 0.255 e. The molecule has 0 heterocycles. The van der Waals surface area contributed by atoms with E-state index in [2.05, 4.69) is 10.6 Å². The van der Waals surface area contributed by atoms with Gasteiger partial charge in [0.25, 0.3) is 5.91 Å². The van der Waals surface area contributed by atoms with Crippen molar-refractivity contribution in [2.45, 2.75) is 6.92 Å². The molecule has 2 N–H and O–H groups in total. The highest BCUT2D eigenvalue weighted by molar-refractivity contribution is 6.34. The van der Waals surface area contributed by atoms with Crippen molar-refractivity contribution >= 4 is 40.9 Å². The summed E-state index contributed by atoms with van der Waals surface area (Å²) in [7, 11) is 1.56. The number of benzene rings is 3. The molecule has 3 rings (SSSR count). The fraction of sp³-hybridized carbons (Fsp3) is 0.120. The molecule has 32 heavy (non-hydrogen) atoms. The molecule has 0 aromatic heterocycles. The lowest BCUT2D eigenvalue weighted by Gasteiger charge is -2.10. The van der Waals surface area contributed by atoms with Crippen LogP contribution >= 0.6 is 11.6 Å². The average molecular weight is 451 g/mol. The quantitative estimate of drug-likeness (QED) is 0.435. The Morgan fingerprint density at radius 3 is 2.44 bits per heavy atom. The lowest BCUT2D eigenvalue weighted by molar-refractivity contribution is -0.111. The number of methoxy groups -OCH3 is 1. The molecule has 0 bridgehead atoms. The highest BCUT2D eigenvalue weighted by Gasteiger charge is 2.09. The summed E-state index contributed by atoms with van der Waals surface area (Å²) in [4.78, 5) is 24.6. The number of halogens is 1. The Hall–Kier alpha value is -3.77. The number of hydrogen-bond acceptors (Lipinski definition) is 4. The SMILES string of the molecule is CCOc1ccc(/C=C/C(=O)Nc2ccc(NC(=O)c3ccccc3)c(Cl)c2)cc1OC. The van der Waals surface area contributed by atoms with Gasteiger partial charge in [-0.3, -0.25) is 9.59 Å². The van der Waals surface area contributed by atoms with Gasteiger partial charge in [-0.2, -0.15) is 0 Å². The van der Waals surface area contributed by atoms with Gasteiger partial charge in [0, 0.05) is 17.3 Å². The summed E-state index contributed by atoms with van der Waals surface area (Å²) in [5.41, 5.74) is 2.27. The third-order valence-electron chi connectivity index (χ3n) is 4.44. The van der Waals surface area contributed by atoms with E-state index in [0.717, 1.165) is 5.56 Å². The van der Waals surface area contributed by atoms with E-state index in [1.807, 2.05) is 19.1 Å². The number of ether oxygens (including phenoxy) is 2. The Morgan fingerprint density at radius 1 is 0.969 bits per heavy atom. The van der Waals surface area contributed by atoms with Crippen molar-refractivity contribution in [2.75, 3.05) is 24.4 Å². The molecule has 0 aliphatic rings. The molecule has 7 heteroatoms. The van der Waals surface area contributed by atoms with E-state index < -0.39 is 0 Å². The highest BCUT2D eigenvalue weighted by atomic mass is 35.5. The van der Waals surface area contributed by atoms with Gasteiger partial charge < -0.3 is 20.1 Å². The van der Waals surface area contributed by atoms with Crippen LogP contribution in [-0.2, 0) is 4.79 Å². The zero-order chi connectivity index (χ0) is 22.9. The number of carbonyl (C=O) groups excluding carboxylic acids is 2. The van der Waals surface area contributed by atoms with Crippen molar-refractivity contribution in [3.05, 3.63) is 89.0 Å². The second-order valence-corrected chi connectivity index (χ2v) is 7.09. The summed E-state index contributed by atoms with van der Waals surface area (Å²) in [6.45, 7) is 2.43. The van der Waals surface area contributed by atoms with E-state index in [0.29, 0.717) is 40.1 Å². The Balaban J connectivity index is 1.63. The van der Waals surface area contributed by atoms with Gasteiger partial charge in [0.1, 0.15) is 0 Å². The molecule has 0 atom stereocenters. The maximum absolute atomic E-state index is 12.3. The molecule has 0 aliphatic carbocycles. The topological polar surface area (TPSA) is 76.7 Å². The summed E-state index contributed by atoms with van der Waals surface area (Å²) in [5, 5.41) is 5.82. The second kappa shape index (κ2) is 11.0. The van der Waals surface area contributed by atoms with Gasteiger partial charge in [0.05, 0.1) is 24.4 Å². The van der Waals surface area contributed by atoms with E-state index in [-0.39, 0.29) is 11.8 Å². The van der Waals surface area contributed by atoms with Crippen LogP contribution in [0.5, 0.6) is 11.5 Å². The number of amides is 2. The Bertz CT molecular complexity index is 1130. The van der Waals surface area contributed by atoms with E-state index in [4.69, 9.17) is 21.1 Å². The zero-order valence-electron chi connectivity index (χ0n) is 17.7. The summed E-state index contributed by atoms with van der Waals surface area (Å²) in [6.07, 6.45) is 3.08. The van der Waals surface area contributed by atoms with Gasteiger partial charge in [-0.1, -0.05) is 35.9 Å². The van der Waals surface area contributed by atoms with Crippen LogP contribution in [-0.4, -0.2) is 25.5 Å². The monoisotopic (exact) mass is 450 g/mol. The minimum Gasteiger partial charge on any atom is -0.493 e. The third-order valence-corrected chi connectivity index (χ3v) is 4.75. The summed E-state index contributed by atoms with van der Waals surface area (Å²) >= 11 is 6.28. The van der Waals surface area contributed by atoms with E-state index in [9.17, 15) is 9.59 Å². The number of rotatable bonds is 8. The van der Waals surface area contributed by atoms with Crippen molar-refractivity contribution in [3.8, 4) is 11.5 Å². The van der Waals surface area contributed by atoms with Crippen LogP contribution in [0.3, 0.4) is 0 Å². The molecule has 2 amide bonds. The first kappa shape index (κ1) is 22.9. The van der Waals surface area contributed by atoms with Crippen molar-refractivity contribution in [1.82, 2.24) is 0 Å². The van der Waals surface area contributed by atoms with Gasteiger partial charge >= 0.3 is 0 Å². The molecule has 6 nitrogen and oxygen atoms in total. The number of hydrogen-bond donors (Lipinski definition) is 2. The lowest BCUT2D eigenvalue weighted by Crippen LogP contribution is -2.12. The van der Waals surface area contributed by atoms with E-state index in [1.165, 1.54) is 6.08 Å². The van der Waals surface area contributed by atoms with Crippen molar-refractivity contribution < 1.29 is 19.1 Å². The van der Waals surface area contributed by atoms with Crippen molar-refractivity contribution in [3.63, 3.8) is 0 Å². The Kier molecular flexibility index (Phi) is 7.89. The zero-order valence-corrected chi connectivity index (χ0v) is 18.5. The molecular weight excluding hydrogens is 428 g/mol. The van der Waals surface area contributed by atoms with Crippen LogP contribution < -0.4 is 20.1 Å². The van der Waals surface area contributed by atoms with Gasteiger partial charge in [-0.25, -0.2) is 0 Å². The second-order valence-electron chi connectivity index (χ2n) is 6.68. The highest BCUT2D eigenvalue weighted by Crippen LogP contribution is 2.29. The van der Waals surface area contributed by atoms with Crippen LogP contribution in [0.15, 0.2) is 72.8 Å². The summed E-state index contributed by atoms with van der Waals surface area (Å²) < 4.78 is 10.8. The Morgan fingerprint density at radius 2 is 1.75 bits per heavy atom. The first-order valence-electron chi connectivity index (χ1n) is 9.96. The minimum absolute atomic E-state index is 0.266. The van der Waals surface area contributed by atoms with Crippen LogP contribution in [0.25, 0.3) is 6.08 Å². The van der Waals surface area contributed by atoms with Crippen LogP contribution in [0.4, 0.5) is 11.4 Å². The van der Waals surface area contributed by atoms with Crippen molar-refractivity contribution in [1.29, 1.82) is 0 Å². The first-order chi connectivity index (χ1) is 15.5. The predicted molar refractivity (Wildman–Crippen MR) is 128 cm³/mol. The Labute approximate surface area is 191 Å². The van der Waals surface area contributed by atoms with E-state index in [1.54, 1.807) is 67.8 Å². The fourth-order valence-corrected chi connectivity index (χ4v) is 3.12. The molecule has 0 unspecified atom stereocenters. The van der Waals surface area contributed by atoms with Gasteiger partial charge in [-0.15, -0.1) is 0 Å². The molecule has 0 radical (unpaired) electrons. The molecule has 3 aromatic carbocycles. The first-order valence-corrected chi connectivity index (χ1v) is 10.3. The maximum atomic E-state index is 12.3. The number of anilines is 2. The van der Waals surface area contributed by atoms with Crippen LogP contribution in [0.1, 0.15) is 22.8 Å². The normalized spacial score (nSPS) is 10.6. The third kappa shape index (κ3) is 6.12. The molecule has 0 saturated carbocycles. The minimum atomic E-state index is -0.324. The van der Waals surface area contributed by atoms with Crippen LogP contribution in [0.2, 0.25) is 5.02 Å². The molecule has 0 saturated heterocycles. The molecule has 3 aromatic rings. The molecule has 164 valence electrons. The van der Waals surface area contributed by atoms with E-state index >= 15 is 0 Å². The van der Waals surface area contributed by atoms with Crippen molar-refractivity contribution in [2.24, 2.45) is 0 Å². The fourth-order valence-electron chi connectivity index (χ4n) is 2.90. The summed E-state index contributed by atoms with van der Waals surface area (Å²) in [5.74, 6) is 0.646. The lowest BCUT2D eigenvalue weighted by atomic mass is 10.2. The standard InChI is InChI=1S/C25H23ClN2O4/c1-3-32-22-13-9-17(15-23(22)31-2)10-14-24(29)27-19-11-12-21(20(26)16-19)28-25(30)18-7-5-4-6-8-18/h4-16H,3H2,1-2H3,(H,27,29)(H,28,30)/b14-10+. The van der Waals surface area contributed by atoms with Gasteiger partial charge in [0.15, 0.2) is 11.5 Å². The number of carbonyl (C=O) groups is 2. The molecule has 0 spiro atoms.